The maximum Gasteiger partial charge on any atom is 0.407 e. The van der Waals surface area contributed by atoms with Gasteiger partial charge in [-0.2, -0.15) is 0 Å². The van der Waals surface area contributed by atoms with E-state index in [1.165, 1.54) is 0 Å². The van der Waals surface area contributed by atoms with Crippen LogP contribution >= 0.6 is 15.9 Å². The van der Waals surface area contributed by atoms with E-state index < -0.39 is 85.3 Å². The second-order valence-electron chi connectivity index (χ2n) is 16.4. The number of nitrogens with one attached hydrogen (secondary N) is 2. The normalized spacial score (nSPS) is 28.2. The molecule has 0 bridgehead atoms. The van der Waals surface area contributed by atoms with Crippen molar-refractivity contribution in [3.63, 3.8) is 0 Å². The number of carbonyl (C=O) groups excluding carboxylic acids is 2. The van der Waals surface area contributed by atoms with Gasteiger partial charge in [-0.3, -0.25) is 0 Å². The van der Waals surface area contributed by atoms with Gasteiger partial charge in [-0.1, -0.05) is 137 Å². The smallest absolute Gasteiger partial charge is 0.407 e. The van der Waals surface area contributed by atoms with Gasteiger partial charge >= 0.3 is 12.2 Å². The Labute approximate surface area is 401 Å². The number of benzene rings is 4. The molecule has 4 fully saturated rings. The molecule has 8 rings (SSSR count). The van der Waals surface area contributed by atoms with Crippen LogP contribution in [0, 0.1) is 0 Å². The average Bonchev–Trinajstić information content (AvgIpc) is 4.03. The van der Waals surface area contributed by atoms with E-state index in [9.17, 15) is 14.7 Å². The summed E-state index contributed by atoms with van der Waals surface area (Å²) < 4.78 is 112. The predicted molar refractivity (Wildman–Crippen MR) is 246 cm³/mol. The fourth-order valence-electron chi connectivity index (χ4n) is 7.66. The summed E-state index contributed by atoms with van der Waals surface area (Å²) in [5.41, 5.74) is 3.26. The molecule has 2 aliphatic carbocycles. The van der Waals surface area contributed by atoms with Gasteiger partial charge in [0.2, 0.25) is 0 Å². The maximum absolute atomic E-state index is 12.5. The van der Waals surface area contributed by atoms with Gasteiger partial charge in [0.25, 0.3) is 0 Å². The highest BCUT2D eigenvalue weighted by Crippen LogP contribution is 2.40. The molecule has 2 unspecified atom stereocenters. The van der Waals surface area contributed by atoms with E-state index in [2.05, 4.69) is 26.6 Å². The molecule has 8 atom stereocenters. The summed E-state index contributed by atoms with van der Waals surface area (Å²) in [7, 11) is 0. The average molecular weight is 972 g/mol. The Hall–Kier alpha value is -4.42. The quantitative estimate of drug-likeness (QED) is 0.0931. The number of aliphatic hydroxyl groups excluding tert-OH is 1. The number of rotatable bonds is 16. The van der Waals surface area contributed by atoms with Gasteiger partial charge in [-0.25, -0.2) is 9.59 Å². The van der Waals surface area contributed by atoms with Crippen molar-refractivity contribution in [3.05, 3.63) is 144 Å². The van der Waals surface area contributed by atoms with E-state index in [1.807, 2.05) is 84.9 Å². The Bertz CT molecular complexity index is 2360. The van der Waals surface area contributed by atoms with Crippen LogP contribution in [0.2, 0.25) is 0 Å². The first-order chi connectivity index (χ1) is 34.2. The summed E-state index contributed by atoms with van der Waals surface area (Å²) in [5.74, 6) is -1.73. The standard InChI is InChI=1S/C25H31NO6.C16H21NO5.C9H11BrO/c1-25(2)31-22-20(26-24(27)30-17-19-11-7-4-8-12-19)15-21(23(22)32-25)29-14-13-28-16-18-9-5-3-6-10-18;1-16(2)21-13-11(8-12(18)14(13)22-16)17-15(19)20-9-10-6-4-3-5-7-10;10-6-7-11-8-9-4-2-1-3-5-9/h3-12,20-23H,13-17H2,1-2H3,(H,26,27);3-7,11-14,18H,8-9H2,1-2H3,(H,17,19);1-5H,6-8H2/t20-,21+,22+,23-;11-,12+,13?,14?;/m11./s1/i13D2,14D2;;6D2,7D2. The zero-order valence-corrected chi connectivity index (χ0v) is 38.3. The largest absolute Gasteiger partial charge is 0.445 e. The number of alkyl halides is 1. The van der Waals surface area contributed by atoms with Crippen molar-refractivity contribution in [2.24, 2.45) is 0 Å². The van der Waals surface area contributed by atoms with Crippen molar-refractivity contribution < 1.29 is 68.3 Å². The van der Waals surface area contributed by atoms with E-state index in [1.54, 1.807) is 64.1 Å². The number of hydrogen-bond acceptors (Lipinski definition) is 12. The van der Waals surface area contributed by atoms with Crippen molar-refractivity contribution in [2.45, 2.75) is 127 Å². The number of halogens is 1. The van der Waals surface area contributed by atoms with Crippen LogP contribution in [-0.4, -0.2) is 103 Å². The lowest BCUT2D eigenvalue weighted by Gasteiger charge is -2.24. The Balaban J connectivity index is 0.000000199. The molecule has 0 spiro atoms. The summed E-state index contributed by atoms with van der Waals surface area (Å²) in [6, 6.07) is 35.8. The molecule has 14 nitrogen and oxygen atoms in total. The highest BCUT2D eigenvalue weighted by molar-refractivity contribution is 9.09. The summed E-state index contributed by atoms with van der Waals surface area (Å²) in [5, 5.41) is 13.4. The predicted octanol–water partition coefficient (Wildman–Crippen LogP) is 7.97. The van der Waals surface area contributed by atoms with Crippen LogP contribution in [0.25, 0.3) is 0 Å². The van der Waals surface area contributed by atoms with Gasteiger partial charge in [0, 0.05) is 8.02 Å². The van der Waals surface area contributed by atoms with Gasteiger partial charge in [-0.15, -0.1) is 0 Å². The molecule has 2 saturated heterocycles. The molecule has 352 valence electrons. The van der Waals surface area contributed by atoms with E-state index in [0.29, 0.717) is 12.0 Å². The third kappa shape index (κ3) is 16.2. The third-order valence-electron chi connectivity index (χ3n) is 10.5. The van der Waals surface area contributed by atoms with Gasteiger partial charge in [0.15, 0.2) is 11.6 Å². The second kappa shape index (κ2) is 24.9. The molecular weight excluding hydrogens is 900 g/mol. The first-order valence-corrected chi connectivity index (χ1v) is 22.1. The molecule has 4 aromatic rings. The van der Waals surface area contributed by atoms with Crippen LogP contribution < -0.4 is 10.6 Å². The fraction of sp³-hybridized carbons (Fsp3) is 0.480. The maximum atomic E-state index is 12.5. The molecule has 4 aliphatic rings. The van der Waals surface area contributed by atoms with Crippen LogP contribution in [0.15, 0.2) is 121 Å². The number of hydrogen-bond donors (Lipinski definition) is 3. The SMILES string of the molecule is CC1(C)OC2C(O1)[C@H](NC(=O)OCc1ccccc1)C[C@@H]2O.[2H]C([2H])(Br)C([2H])([2H])OCc1ccccc1.[2H]C([2H])(OCc1ccccc1)C([2H])([2H])O[C@H]1C[C@@H](NC(=O)OCc2ccccc2)[C@@H]2OC(C)(C)O[C@@H]21. The number of aliphatic hydroxyl groups is 1. The zero-order chi connectivity index (χ0) is 53.2. The summed E-state index contributed by atoms with van der Waals surface area (Å²) in [4.78, 5) is 24.4. The molecule has 2 heterocycles. The van der Waals surface area contributed by atoms with E-state index in [0.717, 1.165) is 16.7 Å². The number of carbonyl (C=O) groups is 2. The minimum absolute atomic E-state index is 0.0406. The minimum atomic E-state index is -2.81. The van der Waals surface area contributed by atoms with Crippen LogP contribution in [0.3, 0.4) is 0 Å². The van der Waals surface area contributed by atoms with Crippen molar-refractivity contribution in [1.82, 2.24) is 10.6 Å². The van der Waals surface area contributed by atoms with Gasteiger partial charge in [-0.05, 0) is 62.8 Å². The van der Waals surface area contributed by atoms with Crippen molar-refractivity contribution >= 4 is 28.1 Å². The summed E-state index contributed by atoms with van der Waals surface area (Å²) in [6.07, 6.45) is -4.29. The van der Waals surface area contributed by atoms with Crippen molar-refractivity contribution in [3.8, 4) is 0 Å². The van der Waals surface area contributed by atoms with Gasteiger partial charge < -0.3 is 58.4 Å². The van der Waals surface area contributed by atoms with E-state index in [4.69, 9.17) is 53.6 Å². The molecule has 2 amide bonds. The van der Waals surface area contributed by atoms with Gasteiger partial charge in [0.05, 0.1) is 65.4 Å². The number of ether oxygens (including phenoxy) is 9. The first kappa shape index (κ1) is 39.7. The fourth-order valence-corrected chi connectivity index (χ4v) is 7.78. The minimum Gasteiger partial charge on any atom is -0.445 e. The molecule has 4 aromatic carbocycles. The lowest BCUT2D eigenvalue weighted by molar-refractivity contribution is -0.169. The number of fused-ring (bicyclic) bond motifs is 2. The van der Waals surface area contributed by atoms with Crippen molar-refractivity contribution in [2.75, 3.05) is 25.0 Å². The lowest BCUT2D eigenvalue weighted by Crippen LogP contribution is -2.43. The van der Waals surface area contributed by atoms with Crippen LogP contribution in [0.4, 0.5) is 9.59 Å². The number of amides is 2. The van der Waals surface area contributed by atoms with Crippen LogP contribution in [-0.2, 0) is 69.1 Å². The summed E-state index contributed by atoms with van der Waals surface area (Å²) in [6.45, 7) is -0.695. The Kier molecular flexibility index (Phi) is 15.2. The Morgan fingerprint density at radius 1 is 0.585 bits per heavy atom. The summed E-state index contributed by atoms with van der Waals surface area (Å²) >= 11 is 2.61. The van der Waals surface area contributed by atoms with Crippen LogP contribution in [0.1, 0.15) is 73.8 Å². The molecule has 2 aliphatic heterocycles. The lowest BCUT2D eigenvalue weighted by atomic mass is 10.2. The highest BCUT2D eigenvalue weighted by Gasteiger charge is 2.56. The molecule has 3 N–H and O–H groups in total. The highest BCUT2D eigenvalue weighted by atomic mass is 79.9. The first-order valence-electron chi connectivity index (χ1n) is 25.3. The topological polar surface area (TPSA) is 162 Å². The Morgan fingerprint density at radius 2 is 0.969 bits per heavy atom. The molecular formula is C50H63BrN2O12. The number of alkyl carbamates (subject to hydrolysis) is 2. The van der Waals surface area contributed by atoms with Gasteiger partial charge in [0.1, 0.15) is 37.6 Å². The Morgan fingerprint density at radius 3 is 1.43 bits per heavy atom. The zero-order valence-electron chi connectivity index (χ0n) is 44.7. The van der Waals surface area contributed by atoms with Crippen LogP contribution in [0.5, 0.6) is 0 Å². The third-order valence-corrected chi connectivity index (χ3v) is 10.6. The molecule has 2 saturated carbocycles. The molecule has 15 heteroatoms. The van der Waals surface area contributed by atoms with E-state index in [-0.39, 0.29) is 45.0 Å². The molecule has 65 heavy (non-hydrogen) atoms. The molecule has 0 radical (unpaired) electrons. The van der Waals surface area contributed by atoms with E-state index >= 15 is 0 Å². The second-order valence-corrected chi connectivity index (χ2v) is 16.8. The molecule has 0 aromatic heterocycles. The van der Waals surface area contributed by atoms with Crippen molar-refractivity contribution in [1.29, 1.82) is 0 Å². The monoisotopic (exact) mass is 970 g/mol.